The molecular weight excluding hydrogens is 230 g/mol. The van der Waals surface area contributed by atoms with E-state index in [1.165, 1.54) is 7.11 Å². The Morgan fingerprint density at radius 2 is 1.94 bits per heavy atom. The van der Waals surface area contributed by atoms with Crippen LogP contribution in [0, 0.1) is 0 Å². The Bertz CT molecular complexity index is 362. The monoisotopic (exact) mass is 251 g/mol. The number of carbonyl (C=O) groups is 1. The van der Waals surface area contributed by atoms with Crippen LogP contribution in [-0.2, 0) is 9.53 Å². The van der Waals surface area contributed by atoms with Gasteiger partial charge in [-0.05, 0) is 30.7 Å². The number of esters is 1. The minimum Gasteiger partial charge on any atom is -0.497 e. The van der Waals surface area contributed by atoms with Crippen LogP contribution in [0.3, 0.4) is 0 Å². The highest BCUT2D eigenvalue weighted by atomic mass is 16.5. The van der Waals surface area contributed by atoms with E-state index in [9.17, 15) is 4.79 Å². The van der Waals surface area contributed by atoms with Crippen LogP contribution in [0.2, 0.25) is 0 Å². The van der Waals surface area contributed by atoms with Gasteiger partial charge < -0.3 is 14.8 Å². The van der Waals surface area contributed by atoms with Crippen molar-refractivity contribution in [1.82, 2.24) is 0 Å². The third kappa shape index (κ3) is 4.28. The molecule has 0 bridgehead atoms. The van der Waals surface area contributed by atoms with E-state index in [2.05, 4.69) is 12.2 Å². The molecule has 0 heterocycles. The van der Waals surface area contributed by atoms with Crippen LogP contribution in [0.5, 0.6) is 5.75 Å². The van der Waals surface area contributed by atoms with E-state index in [-0.39, 0.29) is 12.0 Å². The van der Waals surface area contributed by atoms with Crippen LogP contribution in [0.25, 0.3) is 0 Å². The number of rotatable bonds is 7. The maximum atomic E-state index is 11.6. The lowest BCUT2D eigenvalue weighted by Crippen LogP contribution is -2.30. The normalized spacial score (nSPS) is 11.7. The molecule has 1 aromatic rings. The largest absolute Gasteiger partial charge is 0.497 e. The van der Waals surface area contributed by atoms with Crippen molar-refractivity contribution in [1.29, 1.82) is 0 Å². The van der Waals surface area contributed by atoms with Crippen molar-refractivity contribution in [3.8, 4) is 5.75 Å². The number of nitrogens with one attached hydrogen (secondary N) is 1. The number of unbranched alkanes of at least 4 members (excludes halogenated alkanes) is 1. The van der Waals surface area contributed by atoms with E-state index >= 15 is 0 Å². The molecule has 4 heteroatoms. The molecule has 0 amide bonds. The molecule has 1 aromatic carbocycles. The highest BCUT2D eigenvalue weighted by Crippen LogP contribution is 2.17. The third-order valence-electron chi connectivity index (χ3n) is 2.76. The maximum Gasteiger partial charge on any atom is 0.328 e. The Morgan fingerprint density at radius 1 is 1.28 bits per heavy atom. The number of ether oxygens (including phenoxy) is 2. The van der Waals surface area contributed by atoms with Crippen molar-refractivity contribution in [2.75, 3.05) is 19.5 Å². The fourth-order valence-electron chi connectivity index (χ4n) is 1.69. The first-order valence-electron chi connectivity index (χ1n) is 6.19. The van der Waals surface area contributed by atoms with Gasteiger partial charge in [0, 0.05) is 5.69 Å². The number of benzene rings is 1. The van der Waals surface area contributed by atoms with Gasteiger partial charge in [0.05, 0.1) is 14.2 Å². The van der Waals surface area contributed by atoms with Crippen LogP contribution in [0.15, 0.2) is 24.3 Å². The van der Waals surface area contributed by atoms with E-state index in [0.717, 1.165) is 30.7 Å². The molecule has 1 rings (SSSR count). The Balaban J connectivity index is 2.65. The molecule has 0 saturated heterocycles. The molecule has 0 fully saturated rings. The summed E-state index contributed by atoms with van der Waals surface area (Å²) in [4.78, 5) is 11.6. The van der Waals surface area contributed by atoms with Gasteiger partial charge in [-0.2, -0.15) is 0 Å². The predicted octanol–water partition coefficient (Wildman–Crippen LogP) is 2.84. The molecule has 0 aliphatic carbocycles. The molecule has 4 nitrogen and oxygen atoms in total. The van der Waals surface area contributed by atoms with Crippen molar-refractivity contribution in [2.24, 2.45) is 0 Å². The summed E-state index contributed by atoms with van der Waals surface area (Å²) in [5, 5.41) is 3.19. The van der Waals surface area contributed by atoms with Gasteiger partial charge in [-0.1, -0.05) is 19.8 Å². The third-order valence-corrected chi connectivity index (χ3v) is 2.76. The summed E-state index contributed by atoms with van der Waals surface area (Å²) in [6, 6.07) is 7.21. The van der Waals surface area contributed by atoms with Crippen LogP contribution in [0.1, 0.15) is 26.2 Å². The quantitative estimate of drug-likeness (QED) is 0.757. The average molecular weight is 251 g/mol. The lowest BCUT2D eigenvalue weighted by Gasteiger charge is -2.17. The van der Waals surface area contributed by atoms with E-state index in [1.807, 2.05) is 24.3 Å². The van der Waals surface area contributed by atoms with E-state index < -0.39 is 0 Å². The van der Waals surface area contributed by atoms with Crippen molar-refractivity contribution in [2.45, 2.75) is 32.2 Å². The number of carbonyl (C=O) groups excluding carboxylic acids is 1. The molecule has 0 aromatic heterocycles. The van der Waals surface area contributed by atoms with Gasteiger partial charge >= 0.3 is 5.97 Å². The van der Waals surface area contributed by atoms with Crippen LogP contribution >= 0.6 is 0 Å². The highest BCUT2D eigenvalue weighted by Gasteiger charge is 2.17. The molecule has 0 aliphatic heterocycles. The zero-order valence-corrected chi connectivity index (χ0v) is 11.2. The molecule has 0 spiro atoms. The van der Waals surface area contributed by atoms with Crippen molar-refractivity contribution >= 4 is 11.7 Å². The molecule has 1 atom stereocenters. The minimum atomic E-state index is -0.289. The van der Waals surface area contributed by atoms with Gasteiger partial charge in [-0.25, -0.2) is 4.79 Å². The molecule has 100 valence electrons. The highest BCUT2D eigenvalue weighted by molar-refractivity contribution is 5.79. The predicted molar refractivity (Wildman–Crippen MR) is 71.9 cm³/mol. The molecule has 0 radical (unpaired) electrons. The van der Waals surface area contributed by atoms with E-state index in [1.54, 1.807) is 7.11 Å². The summed E-state index contributed by atoms with van der Waals surface area (Å²) < 4.78 is 9.89. The number of methoxy groups -OCH3 is 2. The molecule has 18 heavy (non-hydrogen) atoms. The van der Waals surface area contributed by atoms with Gasteiger partial charge in [0.15, 0.2) is 0 Å². The first kappa shape index (κ1) is 14.4. The van der Waals surface area contributed by atoms with Crippen LogP contribution in [0.4, 0.5) is 5.69 Å². The number of hydrogen-bond acceptors (Lipinski definition) is 4. The van der Waals surface area contributed by atoms with Gasteiger partial charge in [-0.3, -0.25) is 0 Å². The second-order valence-electron chi connectivity index (χ2n) is 4.09. The van der Waals surface area contributed by atoms with Crippen molar-refractivity contribution in [3.63, 3.8) is 0 Å². The number of hydrogen-bond donors (Lipinski definition) is 1. The van der Waals surface area contributed by atoms with Gasteiger partial charge in [0.1, 0.15) is 11.8 Å². The zero-order valence-electron chi connectivity index (χ0n) is 11.2. The second-order valence-corrected chi connectivity index (χ2v) is 4.09. The fraction of sp³-hybridized carbons (Fsp3) is 0.500. The summed E-state index contributed by atoms with van der Waals surface area (Å²) in [5.41, 5.74) is 0.891. The Hall–Kier alpha value is -1.71. The summed E-state index contributed by atoms with van der Waals surface area (Å²) in [6.07, 6.45) is 2.82. The molecule has 1 unspecified atom stereocenters. The standard InChI is InChI=1S/C14H21NO3/c1-4-5-6-13(14(16)18-3)15-11-7-9-12(17-2)10-8-11/h7-10,13,15H,4-6H2,1-3H3. The zero-order chi connectivity index (χ0) is 13.4. The molecule has 1 N–H and O–H groups in total. The van der Waals surface area contributed by atoms with Crippen molar-refractivity contribution in [3.05, 3.63) is 24.3 Å². The summed E-state index contributed by atoms with van der Waals surface area (Å²) in [5.74, 6) is 0.572. The van der Waals surface area contributed by atoms with Crippen LogP contribution in [-0.4, -0.2) is 26.2 Å². The van der Waals surface area contributed by atoms with Crippen molar-refractivity contribution < 1.29 is 14.3 Å². The topological polar surface area (TPSA) is 47.6 Å². The SMILES string of the molecule is CCCCC(Nc1ccc(OC)cc1)C(=O)OC. The molecular formula is C14H21NO3. The Morgan fingerprint density at radius 3 is 2.44 bits per heavy atom. The lowest BCUT2D eigenvalue weighted by molar-refractivity contribution is -0.141. The summed E-state index contributed by atoms with van der Waals surface area (Å²) >= 11 is 0. The molecule has 0 saturated carbocycles. The minimum absolute atomic E-state index is 0.223. The first-order valence-corrected chi connectivity index (χ1v) is 6.19. The summed E-state index contributed by atoms with van der Waals surface area (Å²) in [6.45, 7) is 2.10. The fourth-order valence-corrected chi connectivity index (χ4v) is 1.69. The summed E-state index contributed by atoms with van der Waals surface area (Å²) in [7, 11) is 3.04. The van der Waals surface area contributed by atoms with E-state index in [4.69, 9.17) is 9.47 Å². The maximum absolute atomic E-state index is 11.6. The van der Waals surface area contributed by atoms with Crippen LogP contribution < -0.4 is 10.1 Å². The Kier molecular flexibility index (Phi) is 6.05. The van der Waals surface area contributed by atoms with E-state index in [0.29, 0.717) is 0 Å². The van der Waals surface area contributed by atoms with Gasteiger partial charge in [-0.15, -0.1) is 0 Å². The second kappa shape index (κ2) is 7.58. The average Bonchev–Trinajstić information content (AvgIpc) is 2.43. The molecule has 0 aliphatic rings. The Labute approximate surface area is 108 Å². The van der Waals surface area contributed by atoms with Gasteiger partial charge in [0.25, 0.3) is 0 Å². The van der Waals surface area contributed by atoms with Gasteiger partial charge in [0.2, 0.25) is 0 Å². The lowest BCUT2D eigenvalue weighted by atomic mass is 10.1. The first-order chi connectivity index (χ1) is 8.71. The number of anilines is 1. The smallest absolute Gasteiger partial charge is 0.328 e.